The summed E-state index contributed by atoms with van der Waals surface area (Å²) in [7, 11) is -4.89. The third-order valence-electron chi connectivity index (χ3n) is 9.37. The van der Waals surface area contributed by atoms with Crippen molar-refractivity contribution in [2.24, 2.45) is 0 Å². The van der Waals surface area contributed by atoms with Crippen molar-refractivity contribution in [3.05, 3.63) is 88.2 Å². The summed E-state index contributed by atoms with van der Waals surface area (Å²) < 4.78 is 17.6. The predicted molar refractivity (Wildman–Crippen MR) is 202 cm³/mol. The number of aryl methyl sites for hydroxylation is 4. The van der Waals surface area contributed by atoms with Crippen molar-refractivity contribution in [1.82, 2.24) is 39.0 Å². The molecule has 0 fully saturated rings. The molecule has 0 unspecified atom stereocenters. The van der Waals surface area contributed by atoms with Crippen molar-refractivity contribution in [2.75, 3.05) is 13.2 Å². The van der Waals surface area contributed by atoms with Gasteiger partial charge in [-0.05, 0) is 74.2 Å². The van der Waals surface area contributed by atoms with E-state index < -0.39 is 86.7 Å². The van der Waals surface area contributed by atoms with Crippen LogP contribution < -0.4 is 22.5 Å². The number of phosphoric ester groups is 1. The van der Waals surface area contributed by atoms with Crippen LogP contribution >= 0.6 is 7.82 Å². The van der Waals surface area contributed by atoms with Gasteiger partial charge in [-0.2, -0.15) is 9.97 Å². The highest BCUT2D eigenvalue weighted by Crippen LogP contribution is 2.36. The van der Waals surface area contributed by atoms with Crippen molar-refractivity contribution in [3.63, 3.8) is 0 Å². The van der Waals surface area contributed by atoms with Gasteiger partial charge in [0, 0.05) is 0 Å². The number of aromatic amines is 2. The Labute approximate surface area is 325 Å². The van der Waals surface area contributed by atoms with E-state index in [4.69, 9.17) is 14.9 Å². The van der Waals surface area contributed by atoms with E-state index in [2.05, 4.69) is 29.4 Å². The highest BCUT2D eigenvalue weighted by Gasteiger charge is 2.31. The van der Waals surface area contributed by atoms with Gasteiger partial charge in [-0.15, -0.1) is 0 Å². The molecule has 6 atom stereocenters. The van der Waals surface area contributed by atoms with Gasteiger partial charge in [-0.1, -0.05) is 0 Å². The quantitative estimate of drug-likeness (QED) is 0.0424. The van der Waals surface area contributed by atoms with E-state index in [1.807, 2.05) is 32.7 Å². The number of rotatable bonds is 12. The Morgan fingerprint density at radius 1 is 0.621 bits per heavy atom. The maximum Gasteiger partial charge on any atom is 0.469 e. The molecule has 0 saturated heterocycles. The number of H-pyrrole nitrogens is 2. The molecule has 0 bridgehead atoms. The minimum atomic E-state index is -4.89. The molecule has 2 aromatic carbocycles. The molecule has 0 amide bonds. The second-order valence-electron chi connectivity index (χ2n) is 13.6. The first kappa shape index (κ1) is 43.9. The molecule has 11 N–H and O–H groups in total. The summed E-state index contributed by atoms with van der Waals surface area (Å²) in [5.74, 6) is -0.194. The van der Waals surface area contributed by atoms with Crippen molar-refractivity contribution >= 4 is 29.9 Å². The summed E-state index contributed by atoms with van der Waals surface area (Å²) in [4.78, 5) is 85.5. The number of hydrogen-bond donors (Lipinski definition) is 11. The van der Waals surface area contributed by atoms with Crippen LogP contribution in [0.3, 0.4) is 0 Å². The average molecular weight is 833 g/mol. The molecule has 58 heavy (non-hydrogen) atoms. The van der Waals surface area contributed by atoms with Crippen LogP contribution in [0.2, 0.25) is 0 Å². The van der Waals surface area contributed by atoms with E-state index in [0.29, 0.717) is 22.1 Å². The van der Waals surface area contributed by atoms with Crippen LogP contribution in [0.4, 0.5) is 0 Å². The maximum atomic E-state index is 12.2. The van der Waals surface area contributed by atoms with Crippen LogP contribution in [0.25, 0.3) is 45.1 Å². The van der Waals surface area contributed by atoms with Gasteiger partial charge in [-0.25, -0.2) is 24.1 Å². The van der Waals surface area contributed by atoms with E-state index >= 15 is 0 Å². The van der Waals surface area contributed by atoms with Crippen LogP contribution in [-0.2, 0) is 22.2 Å². The van der Waals surface area contributed by atoms with Crippen LogP contribution in [0.5, 0.6) is 0 Å². The fraction of sp³-hybridized carbons (Fsp3) is 0.412. The van der Waals surface area contributed by atoms with Crippen molar-refractivity contribution in [3.8, 4) is 23.0 Å². The number of benzene rings is 2. The minimum absolute atomic E-state index is 0.0516. The lowest BCUT2D eigenvalue weighted by molar-refractivity contribution is -0.0802. The van der Waals surface area contributed by atoms with Gasteiger partial charge in [0.25, 0.3) is 11.1 Å². The number of aromatic nitrogens is 8. The lowest BCUT2D eigenvalue weighted by Gasteiger charge is -2.25. The second kappa shape index (κ2) is 17.4. The fourth-order valence-corrected chi connectivity index (χ4v) is 6.30. The number of hydrogen-bond acceptors (Lipinski definition) is 17. The smallest absolute Gasteiger partial charge is 0.394 e. The minimum Gasteiger partial charge on any atom is -0.394 e. The van der Waals surface area contributed by atoms with Gasteiger partial charge in [0.15, 0.2) is 23.0 Å². The first-order valence-electron chi connectivity index (χ1n) is 17.3. The van der Waals surface area contributed by atoms with E-state index in [1.165, 1.54) is 9.13 Å². The van der Waals surface area contributed by atoms with Gasteiger partial charge >= 0.3 is 19.2 Å². The lowest BCUT2D eigenvalue weighted by Crippen LogP contribution is -2.42. The van der Waals surface area contributed by atoms with Crippen LogP contribution in [0.1, 0.15) is 22.3 Å². The van der Waals surface area contributed by atoms with Gasteiger partial charge < -0.3 is 54.7 Å². The van der Waals surface area contributed by atoms with Crippen LogP contribution in [0.15, 0.2) is 43.4 Å². The summed E-state index contributed by atoms with van der Waals surface area (Å²) in [6.07, 6.45) is -10.1. The highest BCUT2D eigenvalue weighted by molar-refractivity contribution is 7.46. The summed E-state index contributed by atoms with van der Waals surface area (Å²) in [6, 6.07) is 6.94. The van der Waals surface area contributed by atoms with E-state index in [-0.39, 0.29) is 29.6 Å². The Kier molecular flexibility index (Phi) is 13.2. The largest absolute Gasteiger partial charge is 0.469 e. The zero-order valence-corrected chi connectivity index (χ0v) is 32.1. The standard InChI is InChI=1S/C17H21N4O9P.C17H20N4O6/c1-7-3-9-10(4-8(7)2)21(15-13(18-9)16(25)20-17(26)19-15)5-11(22)14(24)12(23)6-30-31(27,28)29;1-7-3-9-10(4-8(7)2)21(5-11(23)14(25)12(24)6-22)15-13(18-9)16(26)20-17(27)19-15/h3-4,11-12,14,22-24H,5-6H2,1-2H3,(H,20,25,26)(H2,27,28,29);3-4,11-12,14,22-25H,5-6H2,1-2H3,(H,20,26,27)/t2*11-,12+,14-/m00/s1. The molecule has 312 valence electrons. The topological polar surface area (TPSA) is 370 Å². The molecular formula is C34H41N8O15P. The Bertz CT molecular complexity index is 2690. The molecule has 24 heteroatoms. The molecule has 4 aliphatic rings. The molecule has 0 spiro atoms. The van der Waals surface area contributed by atoms with Crippen molar-refractivity contribution in [1.29, 1.82) is 0 Å². The number of nitrogens with zero attached hydrogens (tertiary/aromatic N) is 6. The molecule has 2 aromatic rings. The number of nitrogens with one attached hydrogen (secondary N) is 2. The highest BCUT2D eigenvalue weighted by atomic mass is 31.2. The zero-order valence-electron chi connectivity index (χ0n) is 31.2. The number of aliphatic hydroxyl groups is 7. The van der Waals surface area contributed by atoms with E-state index in [1.54, 1.807) is 24.3 Å². The monoisotopic (exact) mass is 832 g/mol. The van der Waals surface area contributed by atoms with Crippen LogP contribution in [0, 0.1) is 27.7 Å². The summed E-state index contributed by atoms with van der Waals surface area (Å²) in [6.45, 7) is 5.02. The fourth-order valence-electron chi connectivity index (χ4n) is 5.95. The SMILES string of the molecule is Cc1cc2nc3c(=O)[nH]c(=O)nc-3n(C[C@H](O)[C@H](O)[C@H](O)CO)c2cc1C.Cc1cc2nc3c(=O)[nH]c(=O)nc-3n(C[C@H](O)[C@H](O)[C@H](O)COP(=O)(O)O)c2cc1C. The van der Waals surface area contributed by atoms with Crippen LogP contribution in [-0.4, -0.2) is 134 Å². The van der Waals surface area contributed by atoms with Gasteiger partial charge in [0.05, 0.1) is 48.4 Å². The molecular weight excluding hydrogens is 791 g/mol. The predicted octanol–water partition coefficient (Wildman–Crippen LogP) is -3.33. The van der Waals surface area contributed by atoms with E-state index in [0.717, 1.165) is 22.3 Å². The Balaban J connectivity index is 0.000000223. The Hall–Kier alpha value is -5.17. The summed E-state index contributed by atoms with van der Waals surface area (Å²) in [5.41, 5.74) is 1.73. The van der Waals surface area contributed by atoms with Gasteiger partial charge in [0.1, 0.15) is 36.6 Å². The molecule has 4 heterocycles. The number of phosphoric acid groups is 1. The molecule has 0 aromatic heterocycles. The van der Waals surface area contributed by atoms with Gasteiger partial charge in [0.2, 0.25) is 0 Å². The lowest BCUT2D eigenvalue weighted by atomic mass is 10.1. The average Bonchev–Trinajstić information content (AvgIpc) is 3.14. The number of fused-ring (bicyclic) bond motifs is 4. The molecule has 4 aliphatic heterocycles. The Morgan fingerprint density at radius 2 is 1.00 bits per heavy atom. The van der Waals surface area contributed by atoms with Crippen molar-refractivity contribution in [2.45, 2.75) is 77.4 Å². The Morgan fingerprint density at radius 3 is 1.38 bits per heavy atom. The second-order valence-corrected chi connectivity index (χ2v) is 14.8. The van der Waals surface area contributed by atoms with Gasteiger partial charge in [-0.3, -0.25) is 24.1 Å². The third kappa shape index (κ3) is 9.57. The first-order valence-corrected chi connectivity index (χ1v) is 18.9. The summed E-state index contributed by atoms with van der Waals surface area (Å²) in [5, 5.41) is 69.3. The molecule has 6 rings (SSSR count). The first-order chi connectivity index (χ1) is 27.1. The molecule has 0 saturated carbocycles. The normalized spacial score (nSPS) is 15.3. The third-order valence-corrected chi connectivity index (χ3v) is 9.85. The zero-order chi connectivity index (χ0) is 43.0. The molecule has 0 radical (unpaired) electrons. The van der Waals surface area contributed by atoms with E-state index in [9.17, 15) is 54.4 Å². The van der Waals surface area contributed by atoms with Crippen molar-refractivity contribution < 1.29 is 54.6 Å². The number of aliphatic hydroxyl groups excluding tert-OH is 7. The molecule has 0 aliphatic carbocycles. The summed E-state index contributed by atoms with van der Waals surface area (Å²) >= 11 is 0. The molecule has 23 nitrogen and oxygen atoms in total. The maximum absolute atomic E-state index is 12.2.